The second kappa shape index (κ2) is 7.21. The molecule has 3 aromatic rings. The van der Waals surface area contributed by atoms with Crippen LogP contribution in [0.1, 0.15) is 18.2 Å². The summed E-state index contributed by atoms with van der Waals surface area (Å²) in [5, 5.41) is 0. The van der Waals surface area contributed by atoms with Crippen LogP contribution in [0.4, 0.5) is 10.2 Å². The van der Waals surface area contributed by atoms with Crippen molar-refractivity contribution >= 4 is 25.6 Å². The van der Waals surface area contributed by atoms with Crippen LogP contribution in [-0.4, -0.2) is 38.4 Å². The van der Waals surface area contributed by atoms with E-state index in [0.29, 0.717) is 17.8 Å². The zero-order valence-electron chi connectivity index (χ0n) is 14.6. The summed E-state index contributed by atoms with van der Waals surface area (Å²) in [6.45, 7) is 0.582. The quantitative estimate of drug-likeness (QED) is 0.661. The van der Waals surface area contributed by atoms with Crippen molar-refractivity contribution in [3.05, 3.63) is 42.5 Å². The lowest BCUT2D eigenvalue weighted by Crippen LogP contribution is -2.18. The molecule has 0 aliphatic carbocycles. The number of fused-ring (bicyclic) bond motifs is 2. The maximum Gasteiger partial charge on any atom is 0.397 e. The monoisotopic (exact) mass is 405 g/mol. The average Bonchev–Trinajstić information content (AvgIpc) is 3.30. The molecule has 1 fully saturated rings. The van der Waals surface area contributed by atoms with E-state index in [1.54, 1.807) is 0 Å². The highest BCUT2D eigenvalue weighted by Gasteiger charge is 2.38. The summed E-state index contributed by atoms with van der Waals surface area (Å²) >= 11 is 0. The number of halogens is 1. The van der Waals surface area contributed by atoms with Gasteiger partial charge in [0.2, 0.25) is 0 Å². The van der Waals surface area contributed by atoms with Gasteiger partial charge in [0, 0.05) is 12.0 Å². The topological polar surface area (TPSA) is 107 Å². The van der Waals surface area contributed by atoms with Crippen LogP contribution in [0.15, 0.2) is 36.9 Å². The standard InChI is InChI=1S/C17H17FN5O4P/c18-12-5-11(7-25-28-24-6-10-3-1-2-4-13(10)27-28)26-17(12)23-9-22-14-15(19)20-8-21-16(14)23/h1-4,8-9,11-12,17H,5-7H2,(H2,19,20,21). The molecule has 0 saturated carbocycles. The van der Waals surface area contributed by atoms with Gasteiger partial charge in [0.05, 0.1) is 25.6 Å². The minimum atomic E-state index is -1.54. The molecule has 0 bridgehead atoms. The third kappa shape index (κ3) is 3.18. The van der Waals surface area contributed by atoms with Crippen molar-refractivity contribution in [1.82, 2.24) is 19.5 Å². The van der Waals surface area contributed by atoms with Gasteiger partial charge in [-0.1, -0.05) is 18.2 Å². The lowest BCUT2D eigenvalue weighted by molar-refractivity contribution is -0.0335. The van der Waals surface area contributed by atoms with Gasteiger partial charge in [-0.15, -0.1) is 0 Å². The van der Waals surface area contributed by atoms with E-state index in [1.807, 2.05) is 24.3 Å². The highest BCUT2D eigenvalue weighted by molar-refractivity contribution is 7.42. The summed E-state index contributed by atoms with van der Waals surface area (Å²) in [5.41, 5.74) is 7.61. The molecular formula is C17H17FN5O4P. The Balaban J connectivity index is 1.23. The Morgan fingerprint density at radius 3 is 3.11 bits per heavy atom. The van der Waals surface area contributed by atoms with Crippen LogP contribution < -0.4 is 10.3 Å². The van der Waals surface area contributed by atoms with Crippen LogP contribution in [0.25, 0.3) is 11.2 Å². The van der Waals surface area contributed by atoms with Crippen molar-refractivity contribution in [2.75, 3.05) is 12.3 Å². The number of benzene rings is 1. The van der Waals surface area contributed by atoms with Crippen LogP contribution >= 0.6 is 8.60 Å². The molecule has 5 rings (SSSR count). The molecule has 4 heterocycles. The number of imidazole rings is 1. The number of anilines is 1. The highest BCUT2D eigenvalue weighted by atomic mass is 31.2. The van der Waals surface area contributed by atoms with Crippen molar-refractivity contribution in [2.24, 2.45) is 0 Å². The third-order valence-electron chi connectivity index (χ3n) is 4.63. The Morgan fingerprint density at radius 1 is 1.29 bits per heavy atom. The smallest absolute Gasteiger partial charge is 0.397 e. The van der Waals surface area contributed by atoms with Crippen LogP contribution in [0.2, 0.25) is 0 Å². The molecule has 0 spiro atoms. The first-order valence-corrected chi connectivity index (χ1v) is 9.83. The van der Waals surface area contributed by atoms with E-state index >= 15 is 0 Å². The lowest BCUT2D eigenvalue weighted by Gasteiger charge is -2.24. The van der Waals surface area contributed by atoms with Gasteiger partial charge in [0.1, 0.15) is 23.8 Å². The maximum absolute atomic E-state index is 14.6. The van der Waals surface area contributed by atoms with E-state index in [4.69, 9.17) is 24.0 Å². The SMILES string of the molecule is Nc1ncnc2c1ncn2C1OC(COP2OCc3ccccc3O2)CC1F. The number of alkyl halides is 1. The number of para-hydroxylation sites is 1. The Kier molecular flexibility index (Phi) is 4.56. The Bertz CT molecular complexity index is 1000. The normalized spacial score (nSPS) is 26.9. The zero-order valence-corrected chi connectivity index (χ0v) is 15.5. The molecule has 146 valence electrons. The molecule has 11 heteroatoms. The summed E-state index contributed by atoms with van der Waals surface area (Å²) in [5.74, 6) is 0.988. The molecule has 1 aromatic carbocycles. The van der Waals surface area contributed by atoms with Gasteiger partial charge >= 0.3 is 8.60 Å². The predicted molar refractivity (Wildman–Crippen MR) is 97.9 cm³/mol. The minimum absolute atomic E-state index is 0.161. The van der Waals surface area contributed by atoms with Crippen molar-refractivity contribution < 1.29 is 22.7 Å². The fourth-order valence-corrected chi connectivity index (χ4v) is 4.31. The van der Waals surface area contributed by atoms with E-state index in [0.717, 1.165) is 11.3 Å². The number of nitrogens with zero attached hydrogens (tertiary/aromatic N) is 4. The Morgan fingerprint density at radius 2 is 2.18 bits per heavy atom. The van der Waals surface area contributed by atoms with Gasteiger partial charge < -0.3 is 15.0 Å². The van der Waals surface area contributed by atoms with Crippen LogP contribution in [0.5, 0.6) is 5.75 Å². The molecule has 4 unspecified atom stereocenters. The van der Waals surface area contributed by atoms with Crippen molar-refractivity contribution in [3.8, 4) is 5.75 Å². The molecule has 0 amide bonds. The van der Waals surface area contributed by atoms with Crippen LogP contribution in [-0.2, 0) is 20.4 Å². The predicted octanol–water partition coefficient (Wildman–Crippen LogP) is 2.89. The highest BCUT2D eigenvalue weighted by Crippen LogP contribution is 2.47. The molecule has 4 atom stereocenters. The van der Waals surface area contributed by atoms with E-state index < -0.39 is 27.1 Å². The molecule has 2 aliphatic heterocycles. The number of nitrogens with two attached hydrogens (primary N) is 1. The molecule has 2 N–H and O–H groups in total. The minimum Gasteiger partial charge on any atom is -0.426 e. The van der Waals surface area contributed by atoms with Crippen molar-refractivity contribution in [2.45, 2.75) is 31.5 Å². The van der Waals surface area contributed by atoms with Gasteiger partial charge in [-0.2, -0.15) is 0 Å². The largest absolute Gasteiger partial charge is 0.426 e. The zero-order chi connectivity index (χ0) is 19.1. The van der Waals surface area contributed by atoms with E-state index in [1.165, 1.54) is 17.2 Å². The summed E-state index contributed by atoms with van der Waals surface area (Å²) in [6, 6.07) is 7.62. The molecule has 2 aliphatic rings. The fourth-order valence-electron chi connectivity index (χ4n) is 3.26. The first kappa shape index (κ1) is 17.7. The number of rotatable bonds is 4. The molecule has 9 nitrogen and oxygen atoms in total. The second-order valence-electron chi connectivity index (χ2n) is 6.48. The number of hydrogen-bond donors (Lipinski definition) is 1. The summed E-state index contributed by atoms with van der Waals surface area (Å²) < 4.78 is 39.0. The first-order chi connectivity index (χ1) is 13.7. The number of hydrogen-bond acceptors (Lipinski definition) is 8. The lowest BCUT2D eigenvalue weighted by atomic mass is 10.2. The van der Waals surface area contributed by atoms with Crippen LogP contribution in [0.3, 0.4) is 0 Å². The average molecular weight is 405 g/mol. The van der Waals surface area contributed by atoms with E-state index in [2.05, 4.69) is 15.0 Å². The Labute approximate surface area is 160 Å². The summed E-state index contributed by atoms with van der Waals surface area (Å²) in [4.78, 5) is 12.2. The molecule has 0 radical (unpaired) electrons. The van der Waals surface area contributed by atoms with Crippen molar-refractivity contribution in [1.29, 1.82) is 0 Å². The van der Waals surface area contributed by atoms with Gasteiger partial charge in [0.15, 0.2) is 17.7 Å². The second-order valence-corrected chi connectivity index (χ2v) is 7.62. The third-order valence-corrected chi connectivity index (χ3v) is 5.67. The van der Waals surface area contributed by atoms with Gasteiger partial charge in [-0.05, 0) is 6.07 Å². The molecular weight excluding hydrogens is 388 g/mol. The number of aromatic nitrogens is 4. The van der Waals surface area contributed by atoms with E-state index in [9.17, 15) is 4.39 Å². The summed E-state index contributed by atoms with van der Waals surface area (Å²) in [6.07, 6.45) is 0.438. The van der Waals surface area contributed by atoms with Gasteiger partial charge in [-0.3, -0.25) is 13.6 Å². The molecule has 2 aromatic heterocycles. The molecule has 1 saturated heterocycles. The number of nitrogen functional groups attached to an aromatic ring is 1. The molecule has 28 heavy (non-hydrogen) atoms. The van der Waals surface area contributed by atoms with E-state index in [-0.39, 0.29) is 18.8 Å². The van der Waals surface area contributed by atoms with Crippen LogP contribution in [0, 0.1) is 0 Å². The van der Waals surface area contributed by atoms with Crippen molar-refractivity contribution in [3.63, 3.8) is 0 Å². The number of ether oxygens (including phenoxy) is 1. The maximum atomic E-state index is 14.6. The Hall–Kier alpha value is -2.39. The summed E-state index contributed by atoms with van der Waals surface area (Å²) in [7, 11) is -1.54. The van der Waals surface area contributed by atoms with Gasteiger partial charge in [-0.25, -0.2) is 19.3 Å². The van der Waals surface area contributed by atoms with Gasteiger partial charge in [0.25, 0.3) is 0 Å². The first-order valence-electron chi connectivity index (χ1n) is 8.73. The fraction of sp³-hybridized carbons (Fsp3) is 0.353.